The molecule has 0 aliphatic heterocycles. The van der Waals surface area contributed by atoms with E-state index >= 15 is 0 Å². The van der Waals surface area contributed by atoms with Crippen LogP contribution >= 0.6 is 0 Å². The van der Waals surface area contributed by atoms with Crippen molar-refractivity contribution in [2.45, 2.75) is 12.8 Å². The van der Waals surface area contributed by atoms with E-state index in [2.05, 4.69) is 15.0 Å². The Morgan fingerprint density at radius 2 is 2.29 bits per heavy atom. The Labute approximate surface area is 96.1 Å². The van der Waals surface area contributed by atoms with Crippen LogP contribution in [0.1, 0.15) is 0 Å². The van der Waals surface area contributed by atoms with Crippen molar-refractivity contribution in [3.63, 3.8) is 0 Å². The molecule has 0 bridgehead atoms. The largest absolute Gasteiger partial charge is 0.394 e. The summed E-state index contributed by atoms with van der Waals surface area (Å²) in [7, 11) is 0. The first-order valence-corrected chi connectivity index (χ1v) is 4.96. The van der Waals surface area contributed by atoms with E-state index in [1.165, 1.54) is 12.7 Å². The average molecular weight is 241 g/mol. The molecule has 0 saturated heterocycles. The zero-order valence-electron chi connectivity index (χ0n) is 8.95. The van der Waals surface area contributed by atoms with E-state index in [9.17, 15) is 4.39 Å². The van der Waals surface area contributed by atoms with Gasteiger partial charge >= 0.3 is 0 Å². The summed E-state index contributed by atoms with van der Waals surface area (Å²) in [6.07, 6.45) is 1.95. The van der Waals surface area contributed by atoms with Crippen LogP contribution in [0.4, 0.5) is 10.2 Å². The fraction of sp³-hybridized carbons (Fsp3) is 0.444. The lowest BCUT2D eigenvalue weighted by Gasteiger charge is -2.11. The maximum absolute atomic E-state index is 12.3. The van der Waals surface area contributed by atoms with E-state index in [-0.39, 0.29) is 19.2 Å². The Kier molecular flexibility index (Phi) is 3.45. The van der Waals surface area contributed by atoms with Gasteiger partial charge in [0.2, 0.25) is 0 Å². The molecule has 0 amide bonds. The normalized spacial score (nSPS) is 13.1. The molecule has 2 rings (SSSR count). The average Bonchev–Trinajstić information content (AvgIpc) is 2.75. The summed E-state index contributed by atoms with van der Waals surface area (Å²) in [5, 5.41) is 8.78. The molecule has 1 atom stereocenters. The third-order valence-electron chi connectivity index (χ3n) is 2.25. The van der Waals surface area contributed by atoms with Crippen molar-refractivity contribution in [1.29, 1.82) is 0 Å². The van der Waals surface area contributed by atoms with Crippen molar-refractivity contribution in [2.24, 2.45) is 0 Å². The molecule has 0 aliphatic rings. The van der Waals surface area contributed by atoms with Crippen LogP contribution in [0.2, 0.25) is 0 Å². The van der Waals surface area contributed by atoms with Gasteiger partial charge in [0.25, 0.3) is 0 Å². The molecule has 0 fully saturated rings. The van der Waals surface area contributed by atoms with E-state index < -0.39 is 12.8 Å². The fourth-order valence-electron chi connectivity index (χ4n) is 1.32. The van der Waals surface area contributed by atoms with Crippen molar-refractivity contribution in [3.8, 4) is 0 Å². The summed E-state index contributed by atoms with van der Waals surface area (Å²) >= 11 is 0. The highest BCUT2D eigenvalue weighted by atomic mass is 19.1. The highest BCUT2D eigenvalue weighted by Gasteiger charge is 2.10. The first kappa shape index (κ1) is 11.7. The Balaban J connectivity index is 2.17. The number of rotatable bonds is 5. The van der Waals surface area contributed by atoms with Crippen molar-refractivity contribution in [1.82, 2.24) is 19.5 Å². The highest BCUT2D eigenvalue weighted by Crippen LogP contribution is 2.14. The van der Waals surface area contributed by atoms with Gasteiger partial charge in [-0.25, -0.2) is 19.3 Å². The van der Waals surface area contributed by atoms with Crippen LogP contribution in [0.3, 0.4) is 0 Å². The third kappa shape index (κ3) is 2.32. The summed E-state index contributed by atoms with van der Waals surface area (Å²) in [4.78, 5) is 11.8. The minimum atomic E-state index is -0.841. The second-order valence-corrected chi connectivity index (χ2v) is 3.40. The Hall–Kier alpha value is -1.80. The molecule has 0 radical (unpaired) electrons. The number of imidazole rings is 1. The number of anilines is 1. The molecule has 0 aromatic carbocycles. The van der Waals surface area contributed by atoms with E-state index in [1.807, 2.05) is 0 Å². The van der Waals surface area contributed by atoms with Gasteiger partial charge in [0.05, 0.1) is 12.9 Å². The van der Waals surface area contributed by atoms with Gasteiger partial charge < -0.3 is 15.6 Å². The van der Waals surface area contributed by atoms with Crippen LogP contribution in [-0.4, -0.2) is 44.0 Å². The molecule has 2 aromatic rings. The molecule has 7 nitrogen and oxygen atoms in total. The molecule has 0 aliphatic carbocycles. The summed E-state index contributed by atoms with van der Waals surface area (Å²) in [6.45, 7) is -1.08. The number of nitrogen functional groups attached to an aromatic ring is 1. The predicted molar refractivity (Wildman–Crippen MR) is 57.7 cm³/mol. The molecule has 92 valence electrons. The molecular formula is C9H12FN5O2. The van der Waals surface area contributed by atoms with Gasteiger partial charge in [-0.05, 0) is 0 Å². The van der Waals surface area contributed by atoms with Gasteiger partial charge in [0.1, 0.15) is 31.4 Å². The van der Waals surface area contributed by atoms with Crippen LogP contribution in [0, 0.1) is 0 Å². The van der Waals surface area contributed by atoms with Gasteiger partial charge in [-0.15, -0.1) is 0 Å². The van der Waals surface area contributed by atoms with Gasteiger partial charge in [-0.2, -0.15) is 0 Å². The molecule has 2 aromatic heterocycles. The highest BCUT2D eigenvalue weighted by molar-refractivity contribution is 5.80. The molecular weight excluding hydrogens is 229 g/mol. The van der Waals surface area contributed by atoms with Gasteiger partial charge in [0.15, 0.2) is 11.5 Å². The lowest BCUT2D eigenvalue weighted by molar-refractivity contribution is -0.0336. The third-order valence-corrected chi connectivity index (χ3v) is 2.25. The molecule has 0 spiro atoms. The first-order valence-electron chi connectivity index (χ1n) is 4.96. The lowest BCUT2D eigenvalue weighted by Crippen LogP contribution is -2.21. The molecule has 17 heavy (non-hydrogen) atoms. The quantitative estimate of drug-likeness (QED) is 0.746. The first-order chi connectivity index (χ1) is 8.26. The number of fused-ring (bicyclic) bond motifs is 1. The number of aromatic nitrogens is 4. The number of alkyl halides is 1. The van der Waals surface area contributed by atoms with Gasteiger partial charge in [0, 0.05) is 0 Å². The fourth-order valence-corrected chi connectivity index (χ4v) is 1.32. The molecule has 8 heteroatoms. The summed E-state index contributed by atoms with van der Waals surface area (Å²) in [6, 6.07) is 0. The zero-order chi connectivity index (χ0) is 12.3. The maximum Gasteiger partial charge on any atom is 0.167 e. The zero-order valence-corrected chi connectivity index (χ0v) is 8.95. The van der Waals surface area contributed by atoms with Crippen LogP contribution < -0.4 is 5.73 Å². The standard InChI is InChI=1S/C9H12FN5O2/c10-1-6(2-16)17-5-15-4-14-7-8(11)12-3-13-9(7)15/h3-4,6,16H,1-2,5H2,(H2,11,12,13). The van der Waals surface area contributed by atoms with Crippen molar-refractivity contribution in [2.75, 3.05) is 19.0 Å². The summed E-state index contributed by atoms with van der Waals surface area (Å²) < 4.78 is 19.0. The van der Waals surface area contributed by atoms with Gasteiger partial charge in [-0.3, -0.25) is 4.57 Å². The number of nitrogens with two attached hydrogens (primary N) is 1. The van der Waals surface area contributed by atoms with Crippen LogP contribution in [0.25, 0.3) is 11.2 Å². The smallest absolute Gasteiger partial charge is 0.167 e. The Morgan fingerprint density at radius 3 is 3.00 bits per heavy atom. The van der Waals surface area contributed by atoms with Gasteiger partial charge in [-0.1, -0.05) is 0 Å². The monoisotopic (exact) mass is 241 g/mol. The lowest BCUT2D eigenvalue weighted by atomic mass is 10.4. The second-order valence-electron chi connectivity index (χ2n) is 3.40. The van der Waals surface area contributed by atoms with Crippen molar-refractivity contribution >= 4 is 17.0 Å². The summed E-state index contributed by atoms with van der Waals surface area (Å²) in [5.74, 6) is 0.276. The topological polar surface area (TPSA) is 99.1 Å². The number of aliphatic hydroxyl groups is 1. The maximum atomic E-state index is 12.3. The van der Waals surface area contributed by atoms with E-state index in [4.69, 9.17) is 15.6 Å². The minimum Gasteiger partial charge on any atom is -0.394 e. The van der Waals surface area contributed by atoms with E-state index in [0.29, 0.717) is 11.2 Å². The molecule has 2 heterocycles. The van der Waals surface area contributed by atoms with Crippen molar-refractivity contribution in [3.05, 3.63) is 12.7 Å². The van der Waals surface area contributed by atoms with Crippen LogP contribution in [0.5, 0.6) is 0 Å². The number of nitrogens with zero attached hydrogens (tertiary/aromatic N) is 4. The Morgan fingerprint density at radius 1 is 1.47 bits per heavy atom. The van der Waals surface area contributed by atoms with Crippen molar-refractivity contribution < 1.29 is 14.2 Å². The second kappa shape index (κ2) is 5.02. The molecule has 1 unspecified atom stereocenters. The van der Waals surface area contributed by atoms with E-state index in [1.54, 1.807) is 4.57 Å². The number of aliphatic hydroxyl groups excluding tert-OH is 1. The Bertz CT molecular complexity index is 499. The molecule has 3 N–H and O–H groups in total. The minimum absolute atomic E-state index is 0.0438. The van der Waals surface area contributed by atoms with Crippen LogP contribution in [-0.2, 0) is 11.5 Å². The number of ether oxygens (including phenoxy) is 1. The SMILES string of the molecule is Nc1ncnc2c1ncn2COC(CO)CF. The number of hydrogen-bond acceptors (Lipinski definition) is 6. The predicted octanol–water partition coefficient (Wildman–Crippen LogP) is -0.287. The number of hydrogen-bond donors (Lipinski definition) is 2. The number of halogens is 1. The van der Waals surface area contributed by atoms with Crippen LogP contribution in [0.15, 0.2) is 12.7 Å². The summed E-state index contributed by atoms with van der Waals surface area (Å²) in [5.41, 5.74) is 6.59. The molecule has 0 saturated carbocycles. The van der Waals surface area contributed by atoms with E-state index in [0.717, 1.165) is 0 Å².